The first-order valence-electron chi connectivity index (χ1n) is 14.0. The predicted molar refractivity (Wildman–Crippen MR) is 152 cm³/mol. The molecule has 2 aliphatic carbocycles. The van der Waals surface area contributed by atoms with Crippen molar-refractivity contribution in [3.05, 3.63) is 82.7 Å². The van der Waals surface area contributed by atoms with Crippen LogP contribution in [0, 0.1) is 18.2 Å². The van der Waals surface area contributed by atoms with Crippen LogP contribution in [0.2, 0.25) is 18.1 Å². The van der Waals surface area contributed by atoms with Crippen molar-refractivity contribution in [1.29, 1.82) is 0 Å². The average Bonchev–Trinajstić information content (AvgIpc) is 3.44. The predicted octanol–water partition coefficient (Wildman–Crippen LogP) is 7.34. The van der Waals surface area contributed by atoms with E-state index in [1.54, 1.807) is 18.3 Å². The SMILES string of the molecule is CC[Si](CC)(CC)O[C@@]1(CC(O)c2ncccc2C)CCC2=Cc3c(cnn3-c3ccc(F)cc3)C[C@@]21C. The van der Waals surface area contributed by atoms with Gasteiger partial charge in [0.25, 0.3) is 0 Å². The van der Waals surface area contributed by atoms with E-state index in [1.807, 2.05) is 29.9 Å². The molecule has 2 aliphatic rings. The maximum Gasteiger partial charge on any atom is 0.192 e. The lowest BCUT2D eigenvalue weighted by Gasteiger charge is -2.51. The van der Waals surface area contributed by atoms with Crippen LogP contribution in [0.3, 0.4) is 0 Å². The monoisotopic (exact) mass is 533 g/mol. The molecule has 5 rings (SSSR count). The van der Waals surface area contributed by atoms with E-state index in [0.29, 0.717) is 6.42 Å². The number of fused-ring (bicyclic) bond motifs is 2. The summed E-state index contributed by atoms with van der Waals surface area (Å²) in [7, 11) is -2.02. The molecule has 0 radical (unpaired) electrons. The third-order valence-electron chi connectivity index (χ3n) is 9.56. The second kappa shape index (κ2) is 10.2. The fourth-order valence-corrected chi connectivity index (χ4v) is 10.0. The number of aliphatic hydroxyl groups excluding tert-OH is 1. The number of hydrogen-bond donors (Lipinski definition) is 1. The Morgan fingerprint density at radius 1 is 1.13 bits per heavy atom. The molecule has 202 valence electrons. The van der Waals surface area contributed by atoms with E-state index in [0.717, 1.165) is 65.6 Å². The normalized spacial score (nSPS) is 23.6. The molecule has 3 aromatic rings. The molecule has 0 aliphatic heterocycles. The van der Waals surface area contributed by atoms with Crippen LogP contribution in [0.5, 0.6) is 0 Å². The molecule has 0 spiro atoms. The van der Waals surface area contributed by atoms with Crippen molar-refractivity contribution in [3.63, 3.8) is 0 Å². The number of aromatic nitrogens is 3. The Morgan fingerprint density at radius 3 is 2.50 bits per heavy atom. The van der Waals surface area contributed by atoms with E-state index in [9.17, 15) is 9.50 Å². The Bertz CT molecular complexity index is 1320. The summed E-state index contributed by atoms with van der Waals surface area (Å²) in [5.41, 5.74) is 5.42. The number of hydrogen-bond acceptors (Lipinski definition) is 4. The highest BCUT2D eigenvalue weighted by molar-refractivity contribution is 6.73. The second-order valence-corrected chi connectivity index (χ2v) is 16.1. The smallest absolute Gasteiger partial charge is 0.192 e. The quantitative estimate of drug-likeness (QED) is 0.292. The van der Waals surface area contributed by atoms with E-state index < -0.39 is 20.0 Å². The van der Waals surface area contributed by atoms with Crippen LogP contribution in [-0.2, 0) is 10.8 Å². The van der Waals surface area contributed by atoms with Crippen LogP contribution in [0.4, 0.5) is 4.39 Å². The molecule has 5 nitrogen and oxygen atoms in total. The van der Waals surface area contributed by atoms with Crippen molar-refractivity contribution in [2.24, 2.45) is 5.41 Å². The van der Waals surface area contributed by atoms with Crippen molar-refractivity contribution in [3.8, 4) is 5.69 Å². The Kier molecular flexibility index (Phi) is 7.22. The number of rotatable bonds is 9. The number of aliphatic hydroxyl groups is 1. The molecule has 1 saturated carbocycles. The number of aryl methyl sites for hydroxylation is 1. The number of benzene rings is 1. The van der Waals surface area contributed by atoms with Gasteiger partial charge in [-0.3, -0.25) is 4.98 Å². The van der Waals surface area contributed by atoms with Crippen LogP contribution in [0.1, 0.15) is 75.6 Å². The Hall–Kier alpha value is -2.61. The van der Waals surface area contributed by atoms with Gasteiger partial charge >= 0.3 is 0 Å². The minimum atomic E-state index is -2.02. The van der Waals surface area contributed by atoms with Gasteiger partial charge in [-0.25, -0.2) is 9.07 Å². The van der Waals surface area contributed by atoms with Gasteiger partial charge in [0, 0.05) is 18.0 Å². The topological polar surface area (TPSA) is 60.2 Å². The van der Waals surface area contributed by atoms with Crippen LogP contribution in [0.25, 0.3) is 11.8 Å². The number of pyridine rings is 1. The summed E-state index contributed by atoms with van der Waals surface area (Å²) >= 11 is 0. The molecule has 1 aromatic carbocycles. The highest BCUT2D eigenvalue weighted by atomic mass is 28.4. The Balaban J connectivity index is 1.58. The summed E-state index contributed by atoms with van der Waals surface area (Å²) in [4.78, 5) is 4.57. The Labute approximate surface area is 226 Å². The number of halogens is 1. The largest absolute Gasteiger partial charge is 0.410 e. The molecular weight excluding hydrogens is 493 g/mol. The molecule has 2 heterocycles. The van der Waals surface area contributed by atoms with Gasteiger partial charge in [-0.05, 0) is 91.9 Å². The average molecular weight is 534 g/mol. The summed E-state index contributed by atoms with van der Waals surface area (Å²) in [6.07, 6.45) is 8.41. The molecule has 0 amide bonds. The summed E-state index contributed by atoms with van der Waals surface area (Å²) < 4.78 is 23.0. The van der Waals surface area contributed by atoms with Crippen molar-refractivity contribution in [2.45, 2.75) is 90.1 Å². The standard InChI is InChI=1S/C31H40FN3O2Si/c1-6-38(7-2,8-3)37-31(20-28(36)29-22(4)10-9-17-33-29)16-15-24-18-27-23(19-30(24,31)5)21-34-35(27)26-13-11-25(32)12-14-26/h9-14,17-18,21,28,36H,6-8,15-16,19-20H2,1-5H3/t28?,30-,31+/m0/s1. The van der Waals surface area contributed by atoms with Gasteiger partial charge in [-0.2, -0.15) is 5.10 Å². The molecule has 1 unspecified atom stereocenters. The molecule has 2 aromatic heterocycles. The van der Waals surface area contributed by atoms with E-state index in [2.05, 4.69) is 38.8 Å². The first-order valence-corrected chi connectivity index (χ1v) is 16.6. The van der Waals surface area contributed by atoms with E-state index >= 15 is 0 Å². The molecule has 3 atom stereocenters. The van der Waals surface area contributed by atoms with Gasteiger partial charge in [0.15, 0.2) is 8.32 Å². The van der Waals surface area contributed by atoms with Crippen molar-refractivity contribution in [1.82, 2.24) is 14.8 Å². The minimum absolute atomic E-state index is 0.254. The van der Waals surface area contributed by atoms with E-state index in [-0.39, 0.29) is 11.2 Å². The van der Waals surface area contributed by atoms with Gasteiger partial charge in [0.05, 0.1) is 35.0 Å². The fraction of sp³-hybridized carbons (Fsp3) is 0.484. The van der Waals surface area contributed by atoms with E-state index in [1.165, 1.54) is 17.7 Å². The first kappa shape index (κ1) is 27.0. The van der Waals surface area contributed by atoms with E-state index in [4.69, 9.17) is 9.52 Å². The third-order valence-corrected chi connectivity index (χ3v) is 14.2. The summed E-state index contributed by atoms with van der Waals surface area (Å²) in [5, 5.41) is 16.3. The fourth-order valence-electron chi connectivity index (χ4n) is 6.87. The molecule has 1 fully saturated rings. The summed E-state index contributed by atoms with van der Waals surface area (Å²) in [5.74, 6) is -0.254. The van der Waals surface area contributed by atoms with Gasteiger partial charge in [-0.15, -0.1) is 0 Å². The molecular formula is C31H40FN3O2Si. The zero-order valence-corrected chi connectivity index (χ0v) is 24.3. The Morgan fingerprint density at radius 2 is 1.84 bits per heavy atom. The highest BCUT2D eigenvalue weighted by Gasteiger charge is 2.59. The molecule has 0 bridgehead atoms. The maximum atomic E-state index is 13.6. The van der Waals surface area contributed by atoms with Gasteiger partial charge in [0.1, 0.15) is 5.82 Å². The highest BCUT2D eigenvalue weighted by Crippen LogP contribution is 2.61. The van der Waals surface area contributed by atoms with Crippen molar-refractivity contribution in [2.75, 3.05) is 0 Å². The van der Waals surface area contributed by atoms with Crippen LogP contribution in [-0.4, -0.2) is 33.8 Å². The van der Waals surface area contributed by atoms with Gasteiger partial charge in [-0.1, -0.05) is 39.3 Å². The first-order chi connectivity index (χ1) is 18.2. The van der Waals surface area contributed by atoms with Crippen molar-refractivity contribution < 1.29 is 13.9 Å². The molecule has 0 saturated heterocycles. The molecule has 38 heavy (non-hydrogen) atoms. The zero-order valence-electron chi connectivity index (χ0n) is 23.3. The molecule has 7 heteroatoms. The maximum absolute atomic E-state index is 13.6. The van der Waals surface area contributed by atoms with Gasteiger partial charge < -0.3 is 9.53 Å². The number of nitrogens with zero attached hydrogens (tertiary/aromatic N) is 3. The lowest BCUT2D eigenvalue weighted by molar-refractivity contribution is -0.0623. The lowest BCUT2D eigenvalue weighted by atomic mass is 9.65. The van der Waals surface area contributed by atoms with Gasteiger partial charge in [0.2, 0.25) is 0 Å². The van der Waals surface area contributed by atoms with Crippen LogP contribution in [0.15, 0.2) is 54.4 Å². The second-order valence-electron chi connectivity index (χ2n) is 11.4. The van der Waals surface area contributed by atoms with Crippen molar-refractivity contribution >= 4 is 14.4 Å². The third kappa shape index (κ3) is 4.38. The minimum Gasteiger partial charge on any atom is -0.410 e. The van der Waals surface area contributed by atoms with Crippen LogP contribution >= 0.6 is 0 Å². The van der Waals surface area contributed by atoms with Crippen LogP contribution < -0.4 is 0 Å². The summed E-state index contributed by atoms with van der Waals surface area (Å²) in [6, 6.07) is 13.6. The summed E-state index contributed by atoms with van der Waals surface area (Å²) in [6.45, 7) is 11.2. The zero-order chi connectivity index (χ0) is 27.1. The lowest BCUT2D eigenvalue weighted by Crippen LogP contribution is -2.55. The molecule has 1 N–H and O–H groups in total.